The predicted molar refractivity (Wildman–Crippen MR) is 81.8 cm³/mol. The summed E-state index contributed by atoms with van der Waals surface area (Å²) in [6.45, 7) is 2.21. The summed E-state index contributed by atoms with van der Waals surface area (Å²) in [5.74, 6) is 0.708. The lowest BCUT2D eigenvalue weighted by atomic mass is 10.1. The average Bonchev–Trinajstić information content (AvgIpc) is 2.29. The normalized spacial score (nSPS) is 14.1. The Labute approximate surface area is 132 Å². The Morgan fingerprint density at radius 3 is 2.56 bits per heavy atom. The number of benzene rings is 1. The van der Waals surface area contributed by atoms with Crippen molar-refractivity contribution >= 4 is 53.8 Å². The van der Waals surface area contributed by atoms with Crippen molar-refractivity contribution in [3.05, 3.63) is 29.8 Å². The molecule has 0 spiro atoms. The molecule has 1 aliphatic heterocycles. The number of fused-ring (bicyclic) bond motifs is 2. The van der Waals surface area contributed by atoms with E-state index in [0.717, 1.165) is 18.8 Å². The zero-order valence-corrected chi connectivity index (χ0v) is 14.5. The average molecular weight is 445 g/mol. The number of esters is 1. The molecule has 0 amide bonds. The van der Waals surface area contributed by atoms with Gasteiger partial charge in [0.15, 0.2) is 5.01 Å². The molecule has 1 unspecified atom stereocenters. The molecule has 0 radical (unpaired) electrons. The molecule has 1 atom stereocenters. The van der Waals surface area contributed by atoms with Gasteiger partial charge >= 0.3 is 5.97 Å². The van der Waals surface area contributed by atoms with E-state index in [4.69, 9.17) is 9.47 Å². The molecule has 6 heteroatoms. The topological polar surface area (TPSA) is 35.5 Å². The Morgan fingerprint density at radius 1 is 1.39 bits per heavy atom. The lowest BCUT2D eigenvalue weighted by Crippen LogP contribution is -2.14. The third-order valence-electron chi connectivity index (χ3n) is 2.03. The van der Waals surface area contributed by atoms with E-state index >= 15 is 0 Å². The first-order valence-electron chi connectivity index (χ1n) is 5.30. The first-order valence-corrected chi connectivity index (χ1v) is 8.05. The highest BCUT2D eigenvalue weighted by Gasteiger charge is 2.14. The fraction of sp³-hybridized carbons (Fsp3) is 0.417. The monoisotopic (exact) mass is 442 g/mol. The highest BCUT2D eigenvalue weighted by Crippen LogP contribution is 2.21. The second kappa shape index (κ2) is 8.17. The molecule has 0 N–H and O–H groups in total. The molecule has 0 fully saturated rings. The Hall–Kier alpha value is -0.0700. The molecule has 1 aromatic carbocycles. The Morgan fingerprint density at radius 2 is 2.11 bits per heavy atom. The molecular weight excluding hydrogens is 432 g/mol. The van der Waals surface area contributed by atoms with Crippen LogP contribution in [0.3, 0.4) is 0 Å². The zero-order valence-electron chi connectivity index (χ0n) is 9.74. The minimum atomic E-state index is -0.310. The summed E-state index contributed by atoms with van der Waals surface area (Å²) in [6.07, 6.45) is 1.06. The van der Waals surface area contributed by atoms with Crippen molar-refractivity contribution < 1.29 is 14.3 Å². The van der Waals surface area contributed by atoms with Gasteiger partial charge in [-0.15, -0.1) is 0 Å². The van der Waals surface area contributed by atoms with Crippen molar-refractivity contribution in [2.45, 2.75) is 22.1 Å². The number of carbonyl (C=O) groups excluding carboxylic acids is 1. The molecule has 18 heavy (non-hydrogen) atoms. The Bertz CT molecular complexity index is 377. The van der Waals surface area contributed by atoms with Crippen LogP contribution in [0, 0.1) is 0 Å². The van der Waals surface area contributed by atoms with E-state index in [-0.39, 0.29) is 14.7 Å². The zero-order chi connectivity index (χ0) is 13.5. The van der Waals surface area contributed by atoms with E-state index < -0.39 is 0 Å². The van der Waals surface area contributed by atoms with Crippen molar-refractivity contribution in [3.63, 3.8) is 0 Å². The van der Waals surface area contributed by atoms with Crippen LogP contribution < -0.4 is 4.74 Å². The van der Waals surface area contributed by atoms with Gasteiger partial charge in [-0.25, -0.2) is 0 Å². The highest BCUT2D eigenvalue weighted by atomic mass is 79.9. The molecule has 1 heterocycles. The quantitative estimate of drug-likeness (QED) is 0.510. The van der Waals surface area contributed by atoms with Crippen molar-refractivity contribution in [1.29, 1.82) is 0 Å². The van der Waals surface area contributed by atoms with E-state index in [9.17, 15) is 4.79 Å². The van der Waals surface area contributed by atoms with Crippen molar-refractivity contribution in [3.8, 4) is 5.75 Å². The van der Waals surface area contributed by atoms with Crippen LogP contribution in [-0.2, 0) is 16.0 Å². The molecule has 100 valence electrons. The van der Waals surface area contributed by atoms with E-state index in [1.54, 1.807) is 0 Å². The lowest BCUT2D eigenvalue weighted by Gasteiger charge is -2.12. The SMILES string of the molecule is CC(=O)OC(Br)C(Br)Br.c1cc2cc(c1)OCC2. The van der Waals surface area contributed by atoms with Gasteiger partial charge in [0, 0.05) is 13.3 Å². The molecule has 0 aliphatic carbocycles. The molecule has 1 aromatic rings. The van der Waals surface area contributed by atoms with Crippen molar-refractivity contribution in [1.82, 2.24) is 0 Å². The molecule has 3 nitrogen and oxygen atoms in total. The molecule has 0 aromatic heterocycles. The summed E-state index contributed by atoms with van der Waals surface area (Å²) in [7, 11) is 0. The maximum atomic E-state index is 10.3. The molecule has 2 bridgehead atoms. The predicted octanol–water partition coefficient (Wildman–Crippen LogP) is 4.01. The number of halogens is 3. The number of hydrogen-bond acceptors (Lipinski definition) is 3. The molecular formula is C12H13Br3O3. The fourth-order valence-electron chi connectivity index (χ4n) is 1.29. The summed E-state index contributed by atoms with van der Waals surface area (Å²) in [6, 6.07) is 8.24. The second-order valence-electron chi connectivity index (χ2n) is 3.54. The summed E-state index contributed by atoms with van der Waals surface area (Å²) in [5, 5.41) is -0.310. The molecule has 1 aliphatic rings. The van der Waals surface area contributed by atoms with E-state index in [0.29, 0.717) is 0 Å². The van der Waals surface area contributed by atoms with Gasteiger partial charge in [0.05, 0.1) is 6.61 Å². The molecule has 0 saturated heterocycles. The van der Waals surface area contributed by atoms with Crippen LogP contribution in [-0.4, -0.2) is 21.3 Å². The fourth-order valence-corrected chi connectivity index (χ4v) is 1.77. The van der Waals surface area contributed by atoms with Crippen molar-refractivity contribution in [2.75, 3.05) is 6.61 Å². The van der Waals surface area contributed by atoms with E-state index in [1.165, 1.54) is 12.5 Å². The maximum absolute atomic E-state index is 10.3. The van der Waals surface area contributed by atoms with Crippen LogP contribution in [0.25, 0.3) is 0 Å². The number of rotatable bonds is 2. The first kappa shape index (κ1) is 16.0. The van der Waals surface area contributed by atoms with Gasteiger partial charge in [-0.3, -0.25) is 4.79 Å². The summed E-state index contributed by atoms with van der Waals surface area (Å²) < 4.78 is 9.93. The number of hydrogen-bond donors (Lipinski definition) is 0. The molecule has 2 rings (SSSR count). The smallest absolute Gasteiger partial charge is 0.303 e. The maximum Gasteiger partial charge on any atom is 0.303 e. The largest absolute Gasteiger partial charge is 0.493 e. The van der Waals surface area contributed by atoms with E-state index in [2.05, 4.69) is 59.9 Å². The van der Waals surface area contributed by atoms with Gasteiger partial charge in [-0.1, -0.05) is 44.0 Å². The van der Waals surface area contributed by atoms with Crippen molar-refractivity contribution in [2.24, 2.45) is 0 Å². The van der Waals surface area contributed by atoms with E-state index in [1.807, 2.05) is 12.1 Å². The summed E-state index contributed by atoms with van der Waals surface area (Å²) in [4.78, 5) is 10.3. The van der Waals surface area contributed by atoms with Crippen LogP contribution in [0.15, 0.2) is 24.3 Å². The van der Waals surface area contributed by atoms with Crippen LogP contribution >= 0.6 is 47.8 Å². The van der Waals surface area contributed by atoms with Gasteiger partial charge < -0.3 is 9.47 Å². The number of carbonyl (C=O) groups is 1. The third-order valence-corrected chi connectivity index (χ3v) is 5.13. The lowest BCUT2D eigenvalue weighted by molar-refractivity contribution is -0.141. The van der Waals surface area contributed by atoms with Gasteiger partial charge in [-0.2, -0.15) is 0 Å². The van der Waals surface area contributed by atoms with Gasteiger partial charge in [0.2, 0.25) is 0 Å². The van der Waals surface area contributed by atoms with Gasteiger partial charge in [0.25, 0.3) is 0 Å². The number of alkyl halides is 3. The highest BCUT2D eigenvalue weighted by molar-refractivity contribution is 9.25. The first-order chi connectivity index (χ1) is 8.49. The summed E-state index contributed by atoms with van der Waals surface area (Å²) in [5.41, 5.74) is 1.39. The third kappa shape index (κ3) is 6.20. The number of ether oxygens (including phenoxy) is 2. The van der Waals surface area contributed by atoms with Crippen LogP contribution in [0.1, 0.15) is 12.5 Å². The van der Waals surface area contributed by atoms with Crippen LogP contribution in [0.4, 0.5) is 0 Å². The van der Waals surface area contributed by atoms with Crippen LogP contribution in [0.2, 0.25) is 0 Å². The van der Waals surface area contributed by atoms with Crippen LogP contribution in [0.5, 0.6) is 5.75 Å². The standard InChI is InChI=1S/C8H8O.C4H5Br3O2/c1-2-7-4-5-9-8(3-1)6-7;1-2(8)9-4(7)3(5)6/h1-3,6H,4-5H2;3-4H,1H3. The second-order valence-corrected chi connectivity index (χ2v) is 7.65. The molecule has 0 saturated carbocycles. The Kier molecular flexibility index (Phi) is 7.26. The van der Waals surface area contributed by atoms with Gasteiger partial charge in [-0.05, 0) is 33.6 Å². The summed E-state index contributed by atoms with van der Waals surface area (Å²) >= 11 is 9.43. The Balaban J connectivity index is 0.000000180. The minimum Gasteiger partial charge on any atom is -0.493 e. The minimum absolute atomic E-state index is 0.0473. The van der Waals surface area contributed by atoms with Gasteiger partial charge in [0.1, 0.15) is 9.49 Å².